The highest BCUT2D eigenvalue weighted by atomic mass is 35.5. The van der Waals surface area contributed by atoms with Gasteiger partial charge < -0.3 is 5.32 Å². The first kappa shape index (κ1) is 12.5. The molecule has 1 aliphatic heterocycles. The van der Waals surface area contributed by atoms with Crippen molar-refractivity contribution >= 4 is 11.6 Å². The van der Waals surface area contributed by atoms with E-state index in [1.165, 1.54) is 0 Å². The van der Waals surface area contributed by atoms with Gasteiger partial charge in [0.2, 0.25) is 0 Å². The molecule has 0 fully saturated rings. The van der Waals surface area contributed by atoms with Crippen molar-refractivity contribution in [3.8, 4) is 0 Å². The first-order valence-electron chi connectivity index (χ1n) is 6.14. The lowest BCUT2D eigenvalue weighted by Crippen LogP contribution is -2.05. The summed E-state index contributed by atoms with van der Waals surface area (Å²) >= 11 is 5.78. The molecule has 2 heterocycles. The van der Waals surface area contributed by atoms with E-state index in [4.69, 9.17) is 11.6 Å². The van der Waals surface area contributed by atoms with E-state index in [0.29, 0.717) is 17.8 Å². The van der Waals surface area contributed by atoms with E-state index in [1.807, 2.05) is 6.92 Å². The molecule has 2 aromatic rings. The minimum atomic E-state index is -0.385. The van der Waals surface area contributed by atoms with Crippen molar-refractivity contribution in [3.05, 3.63) is 57.4 Å². The molecule has 0 amide bonds. The van der Waals surface area contributed by atoms with Crippen LogP contribution in [0.15, 0.2) is 18.2 Å². The van der Waals surface area contributed by atoms with Crippen LogP contribution in [0.1, 0.15) is 28.3 Å². The first-order valence-corrected chi connectivity index (χ1v) is 6.52. The van der Waals surface area contributed by atoms with Gasteiger partial charge in [-0.05, 0) is 18.6 Å². The van der Waals surface area contributed by atoms with Gasteiger partial charge in [-0.3, -0.25) is 0 Å². The molecule has 3 nitrogen and oxygen atoms in total. The summed E-state index contributed by atoms with van der Waals surface area (Å²) < 4.78 is 13.9. The van der Waals surface area contributed by atoms with E-state index in [9.17, 15) is 4.39 Å². The molecule has 0 bridgehead atoms. The van der Waals surface area contributed by atoms with Crippen molar-refractivity contribution in [3.63, 3.8) is 0 Å². The summed E-state index contributed by atoms with van der Waals surface area (Å²) in [6.07, 6.45) is 0.362. The minimum absolute atomic E-state index is 0.136. The Morgan fingerprint density at radius 2 is 2.16 bits per heavy atom. The van der Waals surface area contributed by atoms with E-state index in [0.717, 1.165) is 30.0 Å². The first-order chi connectivity index (χ1) is 9.15. The van der Waals surface area contributed by atoms with Gasteiger partial charge in [-0.15, -0.1) is 0 Å². The fourth-order valence-corrected chi connectivity index (χ4v) is 2.53. The minimum Gasteiger partial charge on any atom is -0.307 e. The molecule has 0 unspecified atom stereocenters. The van der Waals surface area contributed by atoms with Crippen LogP contribution in [0.5, 0.6) is 0 Å². The molecule has 0 radical (unpaired) electrons. The molecule has 5 heteroatoms. The second-order valence-corrected chi connectivity index (χ2v) is 5.05. The number of aromatic nitrogens is 2. The van der Waals surface area contributed by atoms with Crippen molar-refractivity contribution in [2.75, 3.05) is 0 Å². The Labute approximate surface area is 115 Å². The second-order valence-electron chi connectivity index (χ2n) is 4.64. The summed E-state index contributed by atoms with van der Waals surface area (Å²) in [5, 5.41) is 3.38. The van der Waals surface area contributed by atoms with Gasteiger partial charge in [0.25, 0.3) is 0 Å². The van der Waals surface area contributed by atoms with Gasteiger partial charge >= 0.3 is 0 Å². The molecule has 0 saturated carbocycles. The van der Waals surface area contributed by atoms with Gasteiger partial charge in [-0.25, -0.2) is 14.4 Å². The van der Waals surface area contributed by atoms with Crippen molar-refractivity contribution in [2.24, 2.45) is 0 Å². The summed E-state index contributed by atoms with van der Waals surface area (Å²) in [5.74, 6) is 0.255. The van der Waals surface area contributed by atoms with Crippen LogP contribution in [0.4, 0.5) is 4.39 Å². The Kier molecular flexibility index (Phi) is 3.21. The SMILES string of the molecule is Cc1nc(Cc2cccc(Cl)c2F)nc2c1CNC2. The van der Waals surface area contributed by atoms with Gasteiger partial charge in [0.1, 0.15) is 11.6 Å². The fourth-order valence-electron chi connectivity index (χ4n) is 2.33. The fraction of sp³-hybridized carbons (Fsp3) is 0.286. The van der Waals surface area contributed by atoms with E-state index < -0.39 is 0 Å². The molecule has 98 valence electrons. The Morgan fingerprint density at radius 1 is 1.32 bits per heavy atom. The molecule has 1 N–H and O–H groups in total. The summed E-state index contributed by atoms with van der Waals surface area (Å²) in [5.41, 5.74) is 3.67. The van der Waals surface area contributed by atoms with E-state index >= 15 is 0 Å². The highest BCUT2D eigenvalue weighted by Gasteiger charge is 2.17. The maximum absolute atomic E-state index is 13.9. The molecular weight excluding hydrogens is 265 g/mol. The van der Waals surface area contributed by atoms with E-state index in [-0.39, 0.29) is 10.8 Å². The quantitative estimate of drug-likeness (QED) is 0.917. The van der Waals surface area contributed by atoms with Gasteiger partial charge in [-0.1, -0.05) is 23.7 Å². The molecule has 0 atom stereocenters. The monoisotopic (exact) mass is 277 g/mol. The number of rotatable bonds is 2. The third-order valence-electron chi connectivity index (χ3n) is 3.32. The Balaban J connectivity index is 1.96. The number of hydrogen-bond donors (Lipinski definition) is 1. The predicted molar refractivity (Wildman–Crippen MR) is 71.5 cm³/mol. The number of halogens is 2. The number of benzene rings is 1. The molecule has 1 aromatic heterocycles. The number of fused-ring (bicyclic) bond motifs is 1. The lowest BCUT2D eigenvalue weighted by atomic mass is 10.1. The van der Waals surface area contributed by atoms with Crippen LogP contribution in [-0.2, 0) is 19.5 Å². The Hall–Kier alpha value is -1.52. The van der Waals surface area contributed by atoms with Gasteiger partial charge in [0.15, 0.2) is 0 Å². The van der Waals surface area contributed by atoms with Crippen molar-refractivity contribution < 1.29 is 4.39 Å². The lowest BCUT2D eigenvalue weighted by Gasteiger charge is -2.07. The van der Waals surface area contributed by atoms with Crippen LogP contribution >= 0.6 is 11.6 Å². The number of aryl methyl sites for hydroxylation is 1. The molecule has 0 aliphatic carbocycles. The molecule has 0 saturated heterocycles. The highest BCUT2D eigenvalue weighted by Crippen LogP contribution is 2.21. The van der Waals surface area contributed by atoms with Gasteiger partial charge in [0, 0.05) is 30.8 Å². The number of nitrogens with zero attached hydrogens (tertiary/aromatic N) is 2. The van der Waals surface area contributed by atoms with E-state index in [1.54, 1.807) is 18.2 Å². The summed E-state index contributed by atoms with van der Waals surface area (Å²) in [4.78, 5) is 8.95. The van der Waals surface area contributed by atoms with Crippen LogP contribution in [-0.4, -0.2) is 9.97 Å². The zero-order valence-electron chi connectivity index (χ0n) is 10.5. The van der Waals surface area contributed by atoms with Gasteiger partial charge in [0.05, 0.1) is 10.7 Å². The second kappa shape index (κ2) is 4.87. The van der Waals surface area contributed by atoms with E-state index in [2.05, 4.69) is 15.3 Å². The molecule has 1 aromatic carbocycles. The zero-order valence-corrected chi connectivity index (χ0v) is 11.3. The summed E-state index contributed by atoms with van der Waals surface area (Å²) in [7, 11) is 0. The summed E-state index contributed by atoms with van der Waals surface area (Å²) in [6.45, 7) is 3.53. The molecule has 1 aliphatic rings. The van der Waals surface area contributed by atoms with Crippen LogP contribution in [0.3, 0.4) is 0 Å². The molecular formula is C14H13ClFN3. The number of nitrogens with one attached hydrogen (secondary N) is 1. The van der Waals surface area contributed by atoms with Gasteiger partial charge in [-0.2, -0.15) is 0 Å². The topological polar surface area (TPSA) is 37.8 Å². The zero-order chi connectivity index (χ0) is 13.4. The Morgan fingerprint density at radius 3 is 3.00 bits per heavy atom. The smallest absolute Gasteiger partial charge is 0.145 e. The average Bonchev–Trinajstić information content (AvgIpc) is 2.84. The Bertz CT molecular complexity index is 643. The largest absolute Gasteiger partial charge is 0.307 e. The summed E-state index contributed by atoms with van der Waals surface area (Å²) in [6, 6.07) is 4.99. The molecule has 19 heavy (non-hydrogen) atoms. The van der Waals surface area contributed by atoms with Crippen molar-refractivity contribution in [1.29, 1.82) is 0 Å². The average molecular weight is 278 g/mol. The standard InChI is InChI=1S/C14H13ClFN3/c1-8-10-6-17-7-12(10)19-13(18-8)5-9-3-2-4-11(15)14(9)16/h2-4,17H,5-7H2,1H3. The molecule has 3 rings (SSSR count). The third kappa shape index (κ3) is 2.33. The maximum atomic E-state index is 13.9. The molecule has 0 spiro atoms. The third-order valence-corrected chi connectivity index (χ3v) is 3.61. The number of hydrogen-bond acceptors (Lipinski definition) is 3. The van der Waals surface area contributed by atoms with Crippen LogP contribution < -0.4 is 5.32 Å². The normalized spacial score (nSPS) is 13.6. The lowest BCUT2D eigenvalue weighted by molar-refractivity contribution is 0.612. The van der Waals surface area contributed by atoms with Crippen LogP contribution in [0.2, 0.25) is 5.02 Å². The maximum Gasteiger partial charge on any atom is 0.145 e. The highest BCUT2D eigenvalue weighted by molar-refractivity contribution is 6.30. The van der Waals surface area contributed by atoms with Crippen LogP contribution in [0.25, 0.3) is 0 Å². The predicted octanol–water partition coefficient (Wildman–Crippen LogP) is 2.77. The van der Waals surface area contributed by atoms with Crippen molar-refractivity contribution in [1.82, 2.24) is 15.3 Å². The van der Waals surface area contributed by atoms with Crippen LogP contribution in [0, 0.1) is 12.7 Å². The van der Waals surface area contributed by atoms with Crippen molar-refractivity contribution in [2.45, 2.75) is 26.4 Å².